The Balaban J connectivity index is 1.88. The normalized spacial score (nSPS) is 10.7. The van der Waals surface area contributed by atoms with E-state index in [-0.39, 0.29) is 6.61 Å². The second-order valence-corrected chi connectivity index (χ2v) is 8.18. The maximum Gasteiger partial charge on any atom is 0.341 e. The summed E-state index contributed by atoms with van der Waals surface area (Å²) in [5.74, 6) is 0.468. The van der Waals surface area contributed by atoms with Gasteiger partial charge in [0.05, 0.1) is 27.9 Å². The van der Waals surface area contributed by atoms with Crippen molar-refractivity contribution in [3.05, 3.63) is 64.0 Å². The average molecular weight is 502 g/mol. The van der Waals surface area contributed by atoms with Gasteiger partial charge in [0.15, 0.2) is 11.5 Å². The first-order valence-electron chi connectivity index (χ1n) is 10.2. The molecule has 3 rings (SSSR count). The summed E-state index contributed by atoms with van der Waals surface area (Å²) in [6.07, 6.45) is 2.97. The molecule has 3 aromatic rings. The molecule has 0 aliphatic rings. The fourth-order valence-electron chi connectivity index (χ4n) is 3.22. The van der Waals surface area contributed by atoms with Gasteiger partial charge in [-0.15, -0.1) is 11.3 Å². The number of ether oxygens (including phenoxy) is 4. The largest absolute Gasteiger partial charge is 0.493 e. The zero-order chi connectivity index (χ0) is 24.7. The van der Waals surface area contributed by atoms with Gasteiger partial charge in [0, 0.05) is 22.0 Å². The number of hydrogen-bond acceptors (Lipinski definition) is 7. The molecular weight excluding hydrogens is 478 g/mol. The molecule has 0 aliphatic heterocycles. The van der Waals surface area contributed by atoms with Gasteiger partial charge in [0.1, 0.15) is 10.6 Å². The van der Waals surface area contributed by atoms with Crippen molar-refractivity contribution >= 4 is 45.9 Å². The van der Waals surface area contributed by atoms with Crippen molar-refractivity contribution in [2.45, 2.75) is 6.92 Å². The van der Waals surface area contributed by atoms with Crippen molar-refractivity contribution in [3.63, 3.8) is 0 Å². The molecule has 0 unspecified atom stereocenters. The summed E-state index contributed by atoms with van der Waals surface area (Å²) >= 11 is 7.23. The monoisotopic (exact) mass is 501 g/mol. The van der Waals surface area contributed by atoms with E-state index in [1.807, 2.05) is 12.1 Å². The van der Waals surface area contributed by atoms with Crippen LogP contribution in [0.1, 0.15) is 22.8 Å². The van der Waals surface area contributed by atoms with Crippen LogP contribution >= 0.6 is 22.9 Å². The van der Waals surface area contributed by atoms with E-state index in [2.05, 4.69) is 5.32 Å². The highest BCUT2D eigenvalue weighted by atomic mass is 35.5. The number of esters is 1. The van der Waals surface area contributed by atoms with Gasteiger partial charge < -0.3 is 24.3 Å². The van der Waals surface area contributed by atoms with E-state index in [0.29, 0.717) is 44.0 Å². The summed E-state index contributed by atoms with van der Waals surface area (Å²) in [6, 6.07) is 10.5. The summed E-state index contributed by atoms with van der Waals surface area (Å²) in [7, 11) is 4.55. The number of carbonyl (C=O) groups is 2. The third-order valence-corrected chi connectivity index (χ3v) is 5.92. The summed E-state index contributed by atoms with van der Waals surface area (Å²) < 4.78 is 21.2. The zero-order valence-electron chi connectivity index (χ0n) is 19.1. The van der Waals surface area contributed by atoms with Crippen molar-refractivity contribution in [1.29, 1.82) is 0 Å². The van der Waals surface area contributed by atoms with Crippen LogP contribution in [0.4, 0.5) is 5.00 Å². The van der Waals surface area contributed by atoms with Crippen LogP contribution in [0.3, 0.4) is 0 Å². The lowest BCUT2D eigenvalue weighted by Gasteiger charge is -2.12. The molecule has 2 aromatic carbocycles. The molecule has 1 heterocycles. The van der Waals surface area contributed by atoms with Gasteiger partial charge in [-0.25, -0.2) is 4.79 Å². The van der Waals surface area contributed by atoms with Crippen LogP contribution in [0.15, 0.2) is 47.9 Å². The molecule has 0 radical (unpaired) electrons. The molecule has 0 saturated heterocycles. The predicted octanol–water partition coefficient (Wildman–Crippen LogP) is 5.92. The van der Waals surface area contributed by atoms with E-state index in [4.69, 9.17) is 30.5 Å². The maximum absolute atomic E-state index is 12.7. The first-order chi connectivity index (χ1) is 16.4. The molecule has 178 valence electrons. The van der Waals surface area contributed by atoms with Crippen molar-refractivity contribution in [2.24, 2.45) is 0 Å². The van der Waals surface area contributed by atoms with E-state index in [0.717, 1.165) is 5.56 Å². The van der Waals surface area contributed by atoms with Crippen molar-refractivity contribution < 1.29 is 28.5 Å². The minimum Gasteiger partial charge on any atom is -0.493 e. The summed E-state index contributed by atoms with van der Waals surface area (Å²) in [4.78, 5) is 25.4. The molecular formula is C25H24ClNO6S. The third kappa shape index (κ3) is 5.70. The number of rotatable bonds is 9. The number of thiophene rings is 1. The van der Waals surface area contributed by atoms with Crippen LogP contribution in [0, 0.1) is 0 Å². The molecule has 0 atom stereocenters. The quantitative estimate of drug-likeness (QED) is 0.289. The summed E-state index contributed by atoms with van der Waals surface area (Å²) in [5.41, 5.74) is 2.41. The van der Waals surface area contributed by atoms with Gasteiger partial charge in [0.2, 0.25) is 11.7 Å². The Morgan fingerprint density at radius 3 is 2.24 bits per heavy atom. The van der Waals surface area contributed by atoms with E-state index < -0.39 is 11.9 Å². The molecule has 0 fully saturated rings. The lowest BCUT2D eigenvalue weighted by molar-refractivity contribution is -0.111. The van der Waals surface area contributed by atoms with Crippen molar-refractivity contribution in [2.75, 3.05) is 33.3 Å². The molecule has 0 bridgehead atoms. The van der Waals surface area contributed by atoms with Crippen molar-refractivity contribution in [3.8, 4) is 28.4 Å². The zero-order valence-corrected chi connectivity index (χ0v) is 20.7. The Morgan fingerprint density at radius 2 is 1.68 bits per heavy atom. The standard InChI is InChI=1S/C25H24ClNO6S/c1-5-33-25(29)22-18(16-7-9-17(26)10-8-16)14-34-24(22)27-21(28)11-6-15-12-19(30-2)23(32-4)20(13-15)31-3/h6-14H,5H2,1-4H3,(H,27,28)/b11-6+. The number of amides is 1. The number of carbonyl (C=O) groups excluding carboxylic acids is 2. The Morgan fingerprint density at radius 1 is 1.03 bits per heavy atom. The molecule has 9 heteroatoms. The van der Waals surface area contributed by atoms with Crippen LogP contribution in [-0.4, -0.2) is 39.8 Å². The van der Waals surface area contributed by atoms with Crippen LogP contribution < -0.4 is 19.5 Å². The number of hydrogen-bond donors (Lipinski definition) is 1. The third-order valence-electron chi connectivity index (χ3n) is 4.78. The summed E-state index contributed by atoms with van der Waals surface area (Å²) in [6.45, 7) is 1.94. The van der Waals surface area contributed by atoms with Crippen molar-refractivity contribution in [1.82, 2.24) is 0 Å². The second kappa shape index (κ2) is 11.6. The molecule has 7 nitrogen and oxygen atoms in total. The minimum absolute atomic E-state index is 0.211. The molecule has 0 spiro atoms. The second-order valence-electron chi connectivity index (χ2n) is 6.86. The molecule has 34 heavy (non-hydrogen) atoms. The van der Waals surface area contributed by atoms with Crippen LogP contribution in [-0.2, 0) is 9.53 Å². The molecule has 0 saturated carbocycles. The van der Waals surface area contributed by atoms with Crippen LogP contribution in [0.5, 0.6) is 17.2 Å². The fraction of sp³-hybridized carbons (Fsp3) is 0.200. The maximum atomic E-state index is 12.7. The molecule has 0 aliphatic carbocycles. The molecule has 1 N–H and O–H groups in total. The van der Waals surface area contributed by atoms with Gasteiger partial charge in [-0.05, 0) is 48.4 Å². The SMILES string of the molecule is CCOC(=O)c1c(-c2ccc(Cl)cc2)csc1NC(=O)/C=C/c1cc(OC)c(OC)c(OC)c1. The number of anilines is 1. The van der Waals surface area contributed by atoms with Crippen LogP contribution in [0.25, 0.3) is 17.2 Å². The van der Waals surface area contributed by atoms with E-state index in [1.165, 1.54) is 38.7 Å². The Hall–Kier alpha value is -3.49. The van der Waals surface area contributed by atoms with Crippen LogP contribution in [0.2, 0.25) is 5.02 Å². The first-order valence-corrected chi connectivity index (χ1v) is 11.5. The number of benzene rings is 2. The summed E-state index contributed by atoms with van der Waals surface area (Å²) in [5, 5.41) is 5.56. The topological polar surface area (TPSA) is 83.1 Å². The van der Waals surface area contributed by atoms with Gasteiger partial charge in [-0.2, -0.15) is 0 Å². The molecule has 1 amide bonds. The van der Waals surface area contributed by atoms with E-state index in [1.54, 1.807) is 42.6 Å². The first kappa shape index (κ1) is 25.1. The predicted molar refractivity (Wildman–Crippen MR) is 134 cm³/mol. The lowest BCUT2D eigenvalue weighted by Crippen LogP contribution is -2.12. The fourth-order valence-corrected chi connectivity index (χ4v) is 4.31. The number of nitrogens with one attached hydrogen (secondary N) is 1. The minimum atomic E-state index is -0.516. The highest BCUT2D eigenvalue weighted by Crippen LogP contribution is 2.39. The number of halogens is 1. The van der Waals surface area contributed by atoms with E-state index in [9.17, 15) is 9.59 Å². The van der Waals surface area contributed by atoms with Gasteiger partial charge >= 0.3 is 5.97 Å². The highest BCUT2D eigenvalue weighted by molar-refractivity contribution is 7.15. The molecule has 1 aromatic heterocycles. The Bertz CT molecular complexity index is 1180. The lowest BCUT2D eigenvalue weighted by atomic mass is 10.0. The number of methoxy groups -OCH3 is 3. The van der Waals surface area contributed by atoms with E-state index >= 15 is 0 Å². The Labute approximate surface area is 206 Å². The highest BCUT2D eigenvalue weighted by Gasteiger charge is 2.22. The smallest absolute Gasteiger partial charge is 0.341 e. The van der Waals surface area contributed by atoms with Gasteiger partial charge in [-0.1, -0.05) is 23.7 Å². The Kier molecular flexibility index (Phi) is 8.56. The van der Waals surface area contributed by atoms with Gasteiger partial charge in [0.25, 0.3) is 0 Å². The van der Waals surface area contributed by atoms with Gasteiger partial charge in [-0.3, -0.25) is 4.79 Å². The average Bonchev–Trinajstić information content (AvgIpc) is 3.25.